The molecule has 0 amide bonds. The van der Waals surface area contributed by atoms with Gasteiger partial charge in [-0.1, -0.05) is 36.4 Å². The summed E-state index contributed by atoms with van der Waals surface area (Å²) in [7, 11) is 1.75. The van der Waals surface area contributed by atoms with Crippen molar-refractivity contribution in [2.45, 2.75) is 32.7 Å². The van der Waals surface area contributed by atoms with E-state index in [1.807, 2.05) is 0 Å². The quantitative estimate of drug-likeness (QED) is 0.808. The van der Waals surface area contributed by atoms with Crippen molar-refractivity contribution in [3.05, 3.63) is 65.2 Å². The van der Waals surface area contributed by atoms with E-state index in [2.05, 4.69) is 60.4 Å². The van der Waals surface area contributed by atoms with Crippen LogP contribution in [0.4, 0.5) is 0 Å². The first-order valence-corrected chi connectivity index (χ1v) is 8.64. The molecule has 0 aliphatic carbocycles. The average molecular weight is 309 g/mol. The summed E-state index contributed by atoms with van der Waals surface area (Å²) in [6.07, 6.45) is 3.77. The van der Waals surface area contributed by atoms with Gasteiger partial charge in [-0.2, -0.15) is 0 Å². The van der Waals surface area contributed by atoms with Crippen molar-refractivity contribution in [2.24, 2.45) is 5.92 Å². The number of nitrogens with zero attached hydrogens (tertiary/aromatic N) is 1. The highest BCUT2D eigenvalue weighted by atomic mass is 16.5. The molecule has 1 heterocycles. The highest BCUT2D eigenvalue weighted by Crippen LogP contribution is 2.26. The molecule has 0 unspecified atom stereocenters. The Labute approximate surface area is 140 Å². The lowest BCUT2D eigenvalue weighted by molar-refractivity contribution is 0.177. The number of ether oxygens (including phenoxy) is 1. The van der Waals surface area contributed by atoms with Crippen molar-refractivity contribution in [1.82, 2.24) is 4.90 Å². The Morgan fingerprint density at radius 1 is 1.04 bits per heavy atom. The lowest BCUT2D eigenvalue weighted by Crippen LogP contribution is -2.33. The molecule has 122 valence electrons. The van der Waals surface area contributed by atoms with Gasteiger partial charge in [0, 0.05) is 6.54 Å². The van der Waals surface area contributed by atoms with Crippen molar-refractivity contribution < 1.29 is 4.74 Å². The second-order valence-corrected chi connectivity index (χ2v) is 6.70. The molecular formula is C21H27NO. The molecule has 3 rings (SSSR count). The Morgan fingerprint density at radius 2 is 1.78 bits per heavy atom. The van der Waals surface area contributed by atoms with Gasteiger partial charge in [-0.15, -0.1) is 0 Å². The molecule has 1 saturated heterocycles. The molecular weight excluding hydrogens is 282 g/mol. The average Bonchev–Trinajstić information content (AvgIpc) is 2.59. The Balaban J connectivity index is 1.53. The molecule has 2 aromatic rings. The fourth-order valence-corrected chi connectivity index (χ4v) is 3.50. The van der Waals surface area contributed by atoms with Crippen LogP contribution in [0.25, 0.3) is 0 Å². The van der Waals surface area contributed by atoms with Gasteiger partial charge < -0.3 is 4.74 Å². The summed E-state index contributed by atoms with van der Waals surface area (Å²) < 4.78 is 5.37. The number of piperidine rings is 1. The van der Waals surface area contributed by atoms with Crippen molar-refractivity contribution in [3.63, 3.8) is 0 Å². The zero-order chi connectivity index (χ0) is 16.1. The van der Waals surface area contributed by atoms with E-state index >= 15 is 0 Å². The lowest BCUT2D eigenvalue weighted by Gasteiger charge is -2.32. The molecule has 0 aromatic heterocycles. The maximum atomic E-state index is 5.37. The fraction of sp³-hybridized carbons (Fsp3) is 0.429. The van der Waals surface area contributed by atoms with Crippen LogP contribution in [0.1, 0.15) is 29.5 Å². The van der Waals surface area contributed by atoms with E-state index in [1.165, 1.54) is 49.0 Å². The van der Waals surface area contributed by atoms with Crippen molar-refractivity contribution in [1.29, 1.82) is 0 Å². The number of rotatable bonds is 5. The van der Waals surface area contributed by atoms with Crippen LogP contribution in [-0.2, 0) is 13.0 Å². The second kappa shape index (κ2) is 7.65. The number of likely N-dealkylation sites (tertiary alicyclic amines) is 1. The molecule has 1 aliphatic rings. The molecule has 0 radical (unpaired) electrons. The third-order valence-corrected chi connectivity index (χ3v) is 5.02. The second-order valence-electron chi connectivity index (χ2n) is 6.70. The van der Waals surface area contributed by atoms with Gasteiger partial charge in [-0.05, 0) is 74.0 Å². The first-order chi connectivity index (χ1) is 11.2. The number of hydrogen-bond donors (Lipinski definition) is 0. The maximum Gasteiger partial charge on any atom is 0.119 e. The third-order valence-electron chi connectivity index (χ3n) is 5.02. The predicted octanol–water partition coefficient (Wildman–Crippen LogP) is 4.46. The van der Waals surface area contributed by atoms with Gasteiger partial charge in [0.25, 0.3) is 0 Å². The van der Waals surface area contributed by atoms with E-state index < -0.39 is 0 Å². The van der Waals surface area contributed by atoms with Gasteiger partial charge in [-0.25, -0.2) is 0 Å². The molecule has 2 aromatic carbocycles. The standard InChI is InChI=1S/C21H27NO/c1-17-8-9-21(23-2)15-20(17)14-18-10-12-22(13-11-18)16-19-6-4-3-5-7-19/h3-9,15,18H,10-14,16H2,1-2H3. The minimum atomic E-state index is 0.799. The molecule has 2 nitrogen and oxygen atoms in total. The van der Waals surface area contributed by atoms with Crippen molar-refractivity contribution >= 4 is 0 Å². The zero-order valence-corrected chi connectivity index (χ0v) is 14.3. The zero-order valence-electron chi connectivity index (χ0n) is 14.3. The van der Waals surface area contributed by atoms with Crippen LogP contribution in [0.3, 0.4) is 0 Å². The molecule has 0 atom stereocenters. The van der Waals surface area contributed by atoms with Crippen molar-refractivity contribution in [3.8, 4) is 5.75 Å². The molecule has 0 spiro atoms. The maximum absolute atomic E-state index is 5.37. The first kappa shape index (κ1) is 16.1. The van der Waals surface area contributed by atoms with Crippen LogP contribution < -0.4 is 4.74 Å². The van der Waals surface area contributed by atoms with E-state index in [-0.39, 0.29) is 0 Å². The summed E-state index contributed by atoms with van der Waals surface area (Å²) in [6.45, 7) is 5.72. The summed E-state index contributed by atoms with van der Waals surface area (Å²) in [5, 5.41) is 0. The minimum absolute atomic E-state index is 0.799. The summed E-state index contributed by atoms with van der Waals surface area (Å²) in [5.74, 6) is 1.78. The topological polar surface area (TPSA) is 12.5 Å². The van der Waals surface area contributed by atoms with Gasteiger partial charge in [0.1, 0.15) is 5.75 Å². The van der Waals surface area contributed by atoms with Gasteiger partial charge in [-0.3, -0.25) is 4.90 Å². The normalized spacial score (nSPS) is 16.4. The SMILES string of the molecule is COc1ccc(C)c(CC2CCN(Cc3ccccc3)CC2)c1. The predicted molar refractivity (Wildman–Crippen MR) is 95.9 cm³/mol. The molecule has 0 saturated carbocycles. The van der Waals surface area contributed by atoms with E-state index in [9.17, 15) is 0 Å². The third kappa shape index (κ3) is 4.35. The van der Waals surface area contributed by atoms with Crippen molar-refractivity contribution in [2.75, 3.05) is 20.2 Å². The van der Waals surface area contributed by atoms with E-state index in [1.54, 1.807) is 7.11 Å². The lowest BCUT2D eigenvalue weighted by atomic mass is 9.88. The summed E-state index contributed by atoms with van der Waals surface area (Å²) in [6, 6.07) is 17.3. The van der Waals surface area contributed by atoms with Crippen LogP contribution in [0.5, 0.6) is 5.75 Å². The number of methoxy groups -OCH3 is 1. The molecule has 0 N–H and O–H groups in total. The van der Waals surface area contributed by atoms with Gasteiger partial charge >= 0.3 is 0 Å². The summed E-state index contributed by atoms with van der Waals surface area (Å²) in [5.41, 5.74) is 4.26. The largest absolute Gasteiger partial charge is 0.497 e. The Kier molecular flexibility index (Phi) is 5.35. The molecule has 1 fully saturated rings. The van der Waals surface area contributed by atoms with Crippen LogP contribution in [-0.4, -0.2) is 25.1 Å². The van der Waals surface area contributed by atoms with E-state index in [0.29, 0.717) is 0 Å². The first-order valence-electron chi connectivity index (χ1n) is 8.64. The van der Waals surface area contributed by atoms with Gasteiger partial charge in [0.15, 0.2) is 0 Å². The van der Waals surface area contributed by atoms with E-state index in [0.717, 1.165) is 18.2 Å². The van der Waals surface area contributed by atoms with Crippen LogP contribution in [0.2, 0.25) is 0 Å². The Morgan fingerprint density at radius 3 is 2.48 bits per heavy atom. The van der Waals surface area contributed by atoms with Gasteiger partial charge in [0.2, 0.25) is 0 Å². The van der Waals surface area contributed by atoms with Crippen LogP contribution in [0.15, 0.2) is 48.5 Å². The molecule has 23 heavy (non-hydrogen) atoms. The number of hydrogen-bond acceptors (Lipinski definition) is 2. The molecule has 0 bridgehead atoms. The Bertz CT molecular complexity index is 615. The molecule has 2 heteroatoms. The highest BCUT2D eigenvalue weighted by Gasteiger charge is 2.20. The number of benzene rings is 2. The summed E-state index contributed by atoms with van der Waals surface area (Å²) in [4.78, 5) is 2.59. The minimum Gasteiger partial charge on any atom is -0.497 e. The highest BCUT2D eigenvalue weighted by molar-refractivity contribution is 5.35. The smallest absolute Gasteiger partial charge is 0.119 e. The van der Waals surface area contributed by atoms with Crippen LogP contribution >= 0.6 is 0 Å². The fourth-order valence-electron chi connectivity index (χ4n) is 3.50. The Hall–Kier alpha value is -1.80. The monoisotopic (exact) mass is 309 g/mol. The summed E-state index contributed by atoms with van der Waals surface area (Å²) >= 11 is 0. The van der Waals surface area contributed by atoms with Gasteiger partial charge in [0.05, 0.1) is 7.11 Å². The van der Waals surface area contributed by atoms with Crippen LogP contribution in [0, 0.1) is 12.8 Å². The number of aryl methyl sites for hydroxylation is 1. The molecule has 1 aliphatic heterocycles. The van der Waals surface area contributed by atoms with E-state index in [4.69, 9.17) is 4.74 Å².